The van der Waals surface area contributed by atoms with E-state index in [0.717, 1.165) is 12.5 Å². The summed E-state index contributed by atoms with van der Waals surface area (Å²) >= 11 is 0. The molecule has 1 N–H and O–H groups in total. The molecular formula is C9H17N. The fraction of sp³-hybridized carbons (Fsp3) is 0.778. The van der Waals surface area contributed by atoms with Gasteiger partial charge in [0.05, 0.1) is 0 Å². The third-order valence-corrected chi connectivity index (χ3v) is 2.01. The molecule has 1 rings (SSSR count). The fourth-order valence-corrected chi connectivity index (χ4v) is 0.802. The maximum atomic E-state index is 3.94. The van der Waals surface area contributed by atoms with E-state index in [1.54, 1.807) is 0 Å². The molecule has 1 nitrogen and oxygen atoms in total. The van der Waals surface area contributed by atoms with Gasteiger partial charge in [-0.15, -0.1) is 0 Å². The Labute approximate surface area is 63.5 Å². The predicted molar refractivity (Wildman–Crippen MR) is 44.7 cm³/mol. The van der Waals surface area contributed by atoms with Gasteiger partial charge in [-0.05, 0) is 24.7 Å². The second-order valence-electron chi connectivity index (χ2n) is 3.50. The van der Waals surface area contributed by atoms with Gasteiger partial charge in [0.2, 0.25) is 0 Å². The number of allylic oxidation sites excluding steroid dienone is 1. The quantitative estimate of drug-likeness (QED) is 0.629. The average molecular weight is 139 g/mol. The first-order valence-electron chi connectivity index (χ1n) is 4.13. The smallest absolute Gasteiger partial charge is 0.0172 e. The summed E-state index contributed by atoms with van der Waals surface area (Å²) in [6.07, 6.45) is 2.83. The topological polar surface area (TPSA) is 12.0 Å². The van der Waals surface area contributed by atoms with Crippen molar-refractivity contribution in [1.29, 1.82) is 0 Å². The van der Waals surface area contributed by atoms with Gasteiger partial charge in [-0.3, -0.25) is 0 Å². The lowest BCUT2D eigenvalue weighted by Crippen LogP contribution is -2.18. The molecule has 0 saturated heterocycles. The molecular weight excluding hydrogens is 122 g/mol. The minimum atomic E-state index is 0.582. The van der Waals surface area contributed by atoms with Gasteiger partial charge in [0, 0.05) is 12.2 Å². The van der Waals surface area contributed by atoms with Gasteiger partial charge in [-0.2, -0.15) is 0 Å². The Hall–Kier alpha value is -0.460. The third kappa shape index (κ3) is 2.42. The van der Waals surface area contributed by atoms with Crippen molar-refractivity contribution in [2.75, 3.05) is 6.54 Å². The van der Waals surface area contributed by atoms with Crippen LogP contribution in [0.15, 0.2) is 12.3 Å². The van der Waals surface area contributed by atoms with Crippen molar-refractivity contribution < 1.29 is 0 Å². The molecule has 0 radical (unpaired) electrons. The van der Waals surface area contributed by atoms with Crippen LogP contribution in [0.25, 0.3) is 0 Å². The molecule has 0 spiro atoms. The normalized spacial score (nSPS) is 17.5. The summed E-state index contributed by atoms with van der Waals surface area (Å²) in [4.78, 5) is 0. The summed E-state index contributed by atoms with van der Waals surface area (Å²) < 4.78 is 0. The van der Waals surface area contributed by atoms with Crippen molar-refractivity contribution in [3.8, 4) is 0 Å². The van der Waals surface area contributed by atoms with Crippen LogP contribution in [0, 0.1) is 11.8 Å². The molecule has 58 valence electrons. The highest BCUT2D eigenvalue weighted by atomic mass is 14.9. The van der Waals surface area contributed by atoms with Crippen LogP contribution in [0.2, 0.25) is 0 Å². The standard InChI is InChI=1S/C9H17N/c1-7(2)8(3)10-6-9-4-5-9/h7,9-10H,3-6H2,1-2H3. The number of hydrogen-bond donors (Lipinski definition) is 1. The van der Waals surface area contributed by atoms with Gasteiger partial charge in [0.1, 0.15) is 0 Å². The third-order valence-electron chi connectivity index (χ3n) is 2.01. The largest absolute Gasteiger partial charge is 0.388 e. The molecule has 1 fully saturated rings. The molecule has 0 aliphatic heterocycles. The maximum Gasteiger partial charge on any atom is 0.0172 e. The second kappa shape index (κ2) is 3.09. The molecule has 0 aromatic rings. The maximum absolute atomic E-state index is 3.94. The van der Waals surface area contributed by atoms with E-state index in [0.29, 0.717) is 5.92 Å². The zero-order chi connectivity index (χ0) is 7.56. The molecule has 0 unspecified atom stereocenters. The highest BCUT2D eigenvalue weighted by Crippen LogP contribution is 2.28. The fourth-order valence-electron chi connectivity index (χ4n) is 0.802. The first-order valence-corrected chi connectivity index (χ1v) is 4.13. The predicted octanol–water partition coefficient (Wildman–Crippen LogP) is 2.16. The molecule has 0 aromatic carbocycles. The van der Waals surface area contributed by atoms with Crippen LogP contribution in [0.5, 0.6) is 0 Å². The van der Waals surface area contributed by atoms with E-state index in [4.69, 9.17) is 0 Å². The van der Waals surface area contributed by atoms with E-state index in [-0.39, 0.29) is 0 Å². The molecule has 0 aromatic heterocycles. The summed E-state index contributed by atoms with van der Waals surface area (Å²) in [6.45, 7) is 9.43. The Morgan fingerprint density at radius 2 is 2.20 bits per heavy atom. The van der Waals surface area contributed by atoms with E-state index in [2.05, 4.69) is 25.7 Å². The van der Waals surface area contributed by atoms with Crippen molar-refractivity contribution in [3.05, 3.63) is 12.3 Å². The number of hydrogen-bond acceptors (Lipinski definition) is 1. The molecule has 0 atom stereocenters. The first-order chi connectivity index (χ1) is 4.70. The Balaban J connectivity index is 2.05. The Morgan fingerprint density at radius 1 is 1.60 bits per heavy atom. The van der Waals surface area contributed by atoms with Gasteiger partial charge in [-0.1, -0.05) is 20.4 Å². The lowest BCUT2D eigenvalue weighted by atomic mass is 10.1. The Bertz CT molecular complexity index is 123. The van der Waals surface area contributed by atoms with E-state index in [9.17, 15) is 0 Å². The SMILES string of the molecule is C=C(NCC1CC1)C(C)C. The summed E-state index contributed by atoms with van der Waals surface area (Å²) in [7, 11) is 0. The minimum absolute atomic E-state index is 0.582. The van der Waals surface area contributed by atoms with Crippen LogP contribution < -0.4 is 5.32 Å². The van der Waals surface area contributed by atoms with Crippen LogP contribution in [0.4, 0.5) is 0 Å². The summed E-state index contributed by atoms with van der Waals surface area (Å²) in [6, 6.07) is 0. The van der Waals surface area contributed by atoms with Gasteiger partial charge in [-0.25, -0.2) is 0 Å². The van der Waals surface area contributed by atoms with Crippen molar-refractivity contribution in [2.45, 2.75) is 26.7 Å². The highest BCUT2D eigenvalue weighted by molar-refractivity contribution is 4.95. The molecule has 1 saturated carbocycles. The molecule has 0 heterocycles. The van der Waals surface area contributed by atoms with Gasteiger partial charge in [0.15, 0.2) is 0 Å². The molecule has 10 heavy (non-hydrogen) atoms. The summed E-state index contributed by atoms with van der Waals surface area (Å²) in [5, 5.41) is 3.35. The molecule has 1 heteroatoms. The lowest BCUT2D eigenvalue weighted by molar-refractivity contribution is 0.627. The van der Waals surface area contributed by atoms with Crippen LogP contribution in [-0.4, -0.2) is 6.54 Å². The average Bonchev–Trinajstić information content (AvgIpc) is 2.64. The van der Waals surface area contributed by atoms with Crippen molar-refractivity contribution in [1.82, 2.24) is 5.32 Å². The zero-order valence-corrected chi connectivity index (χ0v) is 6.98. The Morgan fingerprint density at radius 3 is 2.60 bits per heavy atom. The first kappa shape index (κ1) is 7.64. The number of rotatable bonds is 4. The van der Waals surface area contributed by atoms with Gasteiger partial charge in [0.25, 0.3) is 0 Å². The van der Waals surface area contributed by atoms with E-state index >= 15 is 0 Å². The lowest BCUT2D eigenvalue weighted by Gasteiger charge is -2.11. The van der Waals surface area contributed by atoms with E-state index in [1.807, 2.05) is 0 Å². The van der Waals surface area contributed by atoms with Crippen LogP contribution in [0.1, 0.15) is 26.7 Å². The summed E-state index contributed by atoms with van der Waals surface area (Å²) in [5.41, 5.74) is 1.19. The Kier molecular flexibility index (Phi) is 2.36. The molecule has 1 aliphatic rings. The molecule has 0 bridgehead atoms. The van der Waals surface area contributed by atoms with Gasteiger partial charge < -0.3 is 5.32 Å². The van der Waals surface area contributed by atoms with Crippen LogP contribution in [-0.2, 0) is 0 Å². The van der Waals surface area contributed by atoms with Crippen molar-refractivity contribution >= 4 is 0 Å². The molecule has 1 aliphatic carbocycles. The summed E-state index contributed by atoms with van der Waals surface area (Å²) in [5.74, 6) is 1.54. The zero-order valence-electron chi connectivity index (χ0n) is 6.98. The number of nitrogens with one attached hydrogen (secondary N) is 1. The van der Waals surface area contributed by atoms with Crippen molar-refractivity contribution in [2.24, 2.45) is 11.8 Å². The van der Waals surface area contributed by atoms with Crippen LogP contribution in [0.3, 0.4) is 0 Å². The van der Waals surface area contributed by atoms with E-state index < -0.39 is 0 Å². The second-order valence-corrected chi connectivity index (χ2v) is 3.50. The van der Waals surface area contributed by atoms with Crippen LogP contribution >= 0.6 is 0 Å². The minimum Gasteiger partial charge on any atom is -0.388 e. The van der Waals surface area contributed by atoms with Crippen molar-refractivity contribution in [3.63, 3.8) is 0 Å². The van der Waals surface area contributed by atoms with Gasteiger partial charge >= 0.3 is 0 Å². The van der Waals surface area contributed by atoms with E-state index in [1.165, 1.54) is 18.5 Å². The highest BCUT2D eigenvalue weighted by Gasteiger charge is 2.20. The monoisotopic (exact) mass is 139 g/mol. The molecule has 0 amide bonds.